The van der Waals surface area contributed by atoms with Gasteiger partial charge in [-0.15, -0.1) is 0 Å². The highest BCUT2D eigenvalue weighted by molar-refractivity contribution is 9.10. The third kappa shape index (κ3) is 5.03. The van der Waals surface area contributed by atoms with Gasteiger partial charge in [-0.1, -0.05) is 0 Å². The fourth-order valence-electron chi connectivity index (χ4n) is 5.86. The number of nitrogens with zero attached hydrogens (tertiary/aromatic N) is 8. The van der Waals surface area contributed by atoms with E-state index in [0.717, 1.165) is 0 Å². The van der Waals surface area contributed by atoms with E-state index in [2.05, 4.69) is 52.4 Å². The van der Waals surface area contributed by atoms with Crippen LogP contribution in [-0.4, -0.2) is 64.3 Å². The second-order valence-corrected chi connectivity index (χ2v) is 11.8. The van der Waals surface area contributed by atoms with Crippen LogP contribution in [0.3, 0.4) is 0 Å². The minimum Gasteiger partial charge on any atom is -0.325 e. The maximum Gasteiger partial charge on any atom is 0.248 e. The topological polar surface area (TPSA) is 160 Å². The van der Waals surface area contributed by atoms with Crippen LogP contribution < -0.4 is 5.32 Å². The summed E-state index contributed by atoms with van der Waals surface area (Å²) in [5.41, 5.74) is 1.83. The molecule has 5 heterocycles. The van der Waals surface area contributed by atoms with Crippen molar-refractivity contribution in [2.45, 2.75) is 58.7 Å². The van der Waals surface area contributed by atoms with Crippen molar-refractivity contribution in [1.29, 1.82) is 5.26 Å². The number of halogens is 2. The van der Waals surface area contributed by atoms with E-state index in [4.69, 9.17) is 0 Å². The molecule has 1 N–H and O–H groups in total. The van der Waals surface area contributed by atoms with Crippen LogP contribution in [-0.2, 0) is 16.1 Å². The van der Waals surface area contributed by atoms with E-state index >= 15 is 0 Å². The summed E-state index contributed by atoms with van der Waals surface area (Å²) in [6, 6.07) is 4.00. The number of likely N-dealkylation sites (tertiary alicyclic amines) is 1. The lowest BCUT2D eigenvalue weighted by Crippen LogP contribution is -2.47. The number of amides is 2. The molecule has 1 aliphatic heterocycles. The molecule has 2 fully saturated rings. The SMILES string of the molecule is CC(=O)c1nn(CC(=O)N2C(C(=O)Nc3nc(Br)c(F)cc3C)C[C@@]3(CC#N)C[C@@H]23)c2cnc(-c3cnc(C)nc3)cc12. The van der Waals surface area contributed by atoms with E-state index in [1.165, 1.54) is 22.6 Å². The van der Waals surface area contributed by atoms with E-state index < -0.39 is 23.2 Å². The van der Waals surface area contributed by atoms with E-state index in [0.29, 0.717) is 46.4 Å². The fraction of sp³-hybridized carbons (Fsp3) is 0.345. The summed E-state index contributed by atoms with van der Waals surface area (Å²) in [4.78, 5) is 58.5. The molecule has 4 aromatic rings. The molecule has 0 radical (unpaired) electrons. The second-order valence-electron chi connectivity index (χ2n) is 11.0. The number of hydrogen-bond donors (Lipinski definition) is 1. The standard InChI is InChI=1S/C29H25BrFN9O3/c1-14-6-19(31)26(30)36-27(14)37-28(43)21-8-29(4-5-32)9-23(29)40(21)24(42)13-39-22-12-35-20(17-10-33-16(3)34-11-17)7-18(22)25(38-39)15(2)41/h6-7,10-12,21,23H,4,8-9,13H2,1-3H3,(H,36,37,43)/t21?,23-,29+/m1/s1. The number of ketones is 1. The molecule has 1 unspecified atom stereocenters. The van der Waals surface area contributed by atoms with Crippen molar-refractivity contribution in [2.75, 3.05) is 5.32 Å². The Bertz CT molecular complexity index is 1870. The normalized spacial score (nSPS) is 20.5. The average Bonchev–Trinajstić information content (AvgIpc) is 3.37. The Hall–Kier alpha value is -4.64. The average molecular weight is 646 g/mol. The molecule has 218 valence electrons. The summed E-state index contributed by atoms with van der Waals surface area (Å²) in [5, 5.41) is 17.2. The van der Waals surface area contributed by atoms with E-state index in [9.17, 15) is 24.0 Å². The first-order chi connectivity index (χ1) is 20.5. The number of fused-ring (bicyclic) bond motifs is 2. The lowest BCUT2D eigenvalue weighted by atomic mass is 9.96. The quantitative estimate of drug-likeness (QED) is 0.232. The van der Waals surface area contributed by atoms with E-state index in [1.54, 1.807) is 38.5 Å². The van der Waals surface area contributed by atoms with Gasteiger partial charge >= 0.3 is 0 Å². The predicted octanol–water partition coefficient (Wildman–Crippen LogP) is 3.92. The first-order valence-electron chi connectivity index (χ1n) is 13.5. The van der Waals surface area contributed by atoms with Gasteiger partial charge in [0.25, 0.3) is 0 Å². The number of carbonyl (C=O) groups excluding carboxylic acids is 3. The zero-order chi connectivity index (χ0) is 30.6. The summed E-state index contributed by atoms with van der Waals surface area (Å²) in [7, 11) is 0. The summed E-state index contributed by atoms with van der Waals surface area (Å²) < 4.78 is 15.3. The number of pyridine rings is 2. The van der Waals surface area contributed by atoms with Crippen molar-refractivity contribution in [3.05, 3.63) is 58.2 Å². The molecule has 3 atom stereocenters. The Kier molecular flexibility index (Phi) is 7.00. The van der Waals surface area contributed by atoms with Crippen molar-refractivity contribution >= 4 is 50.2 Å². The maximum absolute atomic E-state index is 13.9. The molecule has 14 heteroatoms. The number of hydrogen-bond acceptors (Lipinski definition) is 9. The monoisotopic (exact) mass is 645 g/mol. The predicted molar refractivity (Wildman–Crippen MR) is 155 cm³/mol. The Morgan fingerprint density at radius 2 is 1.91 bits per heavy atom. The van der Waals surface area contributed by atoms with E-state index in [-0.39, 0.29) is 46.8 Å². The van der Waals surface area contributed by atoms with Crippen LogP contribution in [0.4, 0.5) is 10.2 Å². The molecule has 43 heavy (non-hydrogen) atoms. The second kappa shape index (κ2) is 10.6. The van der Waals surface area contributed by atoms with Crippen molar-refractivity contribution in [1.82, 2.24) is 34.6 Å². The van der Waals surface area contributed by atoms with Crippen molar-refractivity contribution < 1.29 is 18.8 Å². The van der Waals surface area contributed by atoms with Crippen LogP contribution in [0.15, 0.2) is 35.3 Å². The molecule has 1 aliphatic carbocycles. The van der Waals surface area contributed by atoms with Crippen LogP contribution in [0.25, 0.3) is 22.2 Å². The van der Waals surface area contributed by atoms with Gasteiger partial charge in [-0.05, 0) is 60.3 Å². The van der Waals surface area contributed by atoms with Gasteiger partial charge in [0.05, 0.1) is 23.5 Å². The Balaban J connectivity index is 1.31. The Morgan fingerprint density at radius 1 is 1.16 bits per heavy atom. The number of nitriles is 1. The largest absolute Gasteiger partial charge is 0.325 e. The molecule has 1 saturated heterocycles. The summed E-state index contributed by atoms with van der Waals surface area (Å²) in [6.45, 7) is 4.54. The zero-order valence-corrected chi connectivity index (χ0v) is 25.0. The van der Waals surface area contributed by atoms with Crippen LogP contribution >= 0.6 is 15.9 Å². The molecule has 2 amide bonds. The first kappa shape index (κ1) is 28.5. The molecule has 0 aromatic carbocycles. The van der Waals surface area contributed by atoms with Crippen molar-refractivity contribution in [2.24, 2.45) is 5.41 Å². The zero-order valence-electron chi connectivity index (χ0n) is 23.4. The Labute approximate surface area is 253 Å². The smallest absolute Gasteiger partial charge is 0.248 e. The fourth-order valence-corrected chi connectivity index (χ4v) is 6.15. The lowest BCUT2D eigenvalue weighted by molar-refractivity contribution is -0.138. The maximum atomic E-state index is 13.9. The summed E-state index contributed by atoms with van der Waals surface area (Å²) in [5.74, 6) is -0.925. The van der Waals surface area contributed by atoms with Crippen molar-refractivity contribution in [3.8, 4) is 17.3 Å². The number of rotatable bonds is 7. The minimum atomic E-state index is -0.870. The molecule has 6 rings (SSSR count). The van der Waals surface area contributed by atoms with Gasteiger partial charge in [-0.3, -0.25) is 24.0 Å². The highest BCUT2D eigenvalue weighted by atomic mass is 79.9. The molecule has 1 saturated carbocycles. The molecular weight excluding hydrogens is 621 g/mol. The lowest BCUT2D eigenvalue weighted by Gasteiger charge is -2.27. The number of piperidine rings is 1. The molecule has 4 aromatic heterocycles. The molecule has 0 bridgehead atoms. The number of anilines is 1. The number of nitrogens with one attached hydrogen (secondary N) is 1. The first-order valence-corrected chi connectivity index (χ1v) is 14.3. The van der Waals surface area contributed by atoms with Gasteiger partial charge in [0.2, 0.25) is 11.8 Å². The third-order valence-electron chi connectivity index (χ3n) is 8.14. The molecular formula is C29H25BrFN9O3. The molecule has 12 nitrogen and oxygen atoms in total. The van der Waals surface area contributed by atoms with Gasteiger partial charge in [-0.2, -0.15) is 10.4 Å². The number of carbonyl (C=O) groups is 3. The number of Topliss-reactive ketones (excluding diaryl/α,β-unsaturated/α-hetero) is 1. The van der Waals surface area contributed by atoms with Gasteiger partial charge in [-0.25, -0.2) is 19.3 Å². The third-order valence-corrected chi connectivity index (χ3v) is 8.69. The van der Waals surface area contributed by atoms with E-state index in [1.807, 2.05) is 0 Å². The molecule has 2 aliphatic rings. The van der Waals surface area contributed by atoms with Crippen LogP contribution in [0, 0.1) is 36.4 Å². The van der Waals surface area contributed by atoms with Gasteiger partial charge in [0.15, 0.2) is 11.6 Å². The summed E-state index contributed by atoms with van der Waals surface area (Å²) >= 11 is 3.04. The van der Waals surface area contributed by atoms with Crippen LogP contribution in [0.2, 0.25) is 0 Å². The molecule has 0 spiro atoms. The van der Waals surface area contributed by atoms with Gasteiger partial charge < -0.3 is 10.2 Å². The van der Waals surface area contributed by atoms with Crippen LogP contribution in [0.5, 0.6) is 0 Å². The summed E-state index contributed by atoms with van der Waals surface area (Å²) in [6.07, 6.45) is 5.95. The number of aromatic nitrogens is 6. The van der Waals surface area contributed by atoms with Crippen LogP contribution in [0.1, 0.15) is 48.1 Å². The van der Waals surface area contributed by atoms with Crippen molar-refractivity contribution in [3.63, 3.8) is 0 Å². The highest BCUT2D eigenvalue weighted by Gasteiger charge is 2.67. The Morgan fingerprint density at radius 3 is 2.60 bits per heavy atom. The number of aryl methyl sites for hydroxylation is 2. The highest BCUT2D eigenvalue weighted by Crippen LogP contribution is 2.61. The van der Waals surface area contributed by atoms with Gasteiger partial charge in [0.1, 0.15) is 34.5 Å². The van der Waals surface area contributed by atoms with Gasteiger partial charge in [0, 0.05) is 48.1 Å². The minimum absolute atomic E-state index is 0.0462.